The van der Waals surface area contributed by atoms with Gasteiger partial charge in [0.1, 0.15) is 11.4 Å². The Bertz CT molecular complexity index is 424. The summed E-state index contributed by atoms with van der Waals surface area (Å²) in [6.45, 7) is 3.93. The molecule has 1 aromatic rings. The van der Waals surface area contributed by atoms with Crippen molar-refractivity contribution in [2.75, 3.05) is 0 Å². The van der Waals surface area contributed by atoms with Crippen molar-refractivity contribution in [1.29, 1.82) is 0 Å². The van der Waals surface area contributed by atoms with Crippen molar-refractivity contribution in [2.45, 2.75) is 50.5 Å². The van der Waals surface area contributed by atoms with Crippen LogP contribution in [0.4, 0.5) is 0 Å². The van der Waals surface area contributed by atoms with E-state index in [9.17, 15) is 0 Å². The molecule has 4 fully saturated rings. The smallest absolute Gasteiger partial charge is 0.120 e. The molecule has 1 aromatic carbocycles. The molecule has 5 rings (SSSR count). The average Bonchev–Trinajstić information content (AvgIpc) is 2.37. The standard InChI is InChI=1S/C18H23O/c1-2-13-3-5-17(6-4-13)19-18-10-14-7-15(11-18)9-16(8-14)12-18/h3-6,14-16H,1-2,7-12H2. The highest BCUT2D eigenvalue weighted by Crippen LogP contribution is 2.56. The Kier molecular flexibility index (Phi) is 2.65. The number of hydrogen-bond donors (Lipinski definition) is 0. The Morgan fingerprint density at radius 2 is 1.47 bits per heavy atom. The van der Waals surface area contributed by atoms with Crippen molar-refractivity contribution >= 4 is 0 Å². The maximum Gasteiger partial charge on any atom is 0.120 e. The van der Waals surface area contributed by atoms with Crippen molar-refractivity contribution in [1.82, 2.24) is 0 Å². The summed E-state index contributed by atoms with van der Waals surface area (Å²) in [5.41, 5.74) is 1.47. The van der Waals surface area contributed by atoms with Gasteiger partial charge < -0.3 is 4.74 Å². The van der Waals surface area contributed by atoms with Crippen LogP contribution in [-0.4, -0.2) is 5.60 Å². The summed E-state index contributed by atoms with van der Waals surface area (Å²) in [5.74, 6) is 3.92. The van der Waals surface area contributed by atoms with E-state index in [0.29, 0.717) is 0 Å². The molecule has 0 spiro atoms. The minimum absolute atomic E-state index is 0.181. The molecule has 1 nitrogen and oxygen atoms in total. The molecule has 4 aliphatic carbocycles. The third-order valence-electron chi connectivity index (χ3n) is 5.53. The predicted octanol–water partition coefficient (Wildman–Crippen LogP) is 4.41. The van der Waals surface area contributed by atoms with E-state index in [2.05, 4.69) is 31.2 Å². The Balaban J connectivity index is 1.55. The van der Waals surface area contributed by atoms with E-state index in [1.807, 2.05) is 0 Å². The van der Waals surface area contributed by atoms with Gasteiger partial charge in [-0.2, -0.15) is 0 Å². The molecule has 4 saturated carbocycles. The van der Waals surface area contributed by atoms with E-state index >= 15 is 0 Å². The second-order valence-corrected chi connectivity index (χ2v) is 7.10. The molecule has 1 radical (unpaired) electrons. The lowest BCUT2D eigenvalue weighted by Crippen LogP contribution is -2.53. The van der Waals surface area contributed by atoms with Gasteiger partial charge in [0.05, 0.1) is 0 Å². The summed E-state index contributed by atoms with van der Waals surface area (Å²) in [5, 5.41) is 0. The summed E-state index contributed by atoms with van der Waals surface area (Å²) < 4.78 is 6.49. The van der Waals surface area contributed by atoms with Crippen LogP contribution in [0.1, 0.15) is 44.1 Å². The van der Waals surface area contributed by atoms with Crippen molar-refractivity contribution in [3.63, 3.8) is 0 Å². The molecule has 0 aromatic heterocycles. The lowest BCUT2D eigenvalue weighted by atomic mass is 9.54. The lowest BCUT2D eigenvalue weighted by molar-refractivity contribution is -0.107. The first-order chi connectivity index (χ1) is 9.25. The quantitative estimate of drug-likeness (QED) is 0.777. The first-order valence-electron chi connectivity index (χ1n) is 7.82. The van der Waals surface area contributed by atoms with Crippen molar-refractivity contribution < 1.29 is 4.74 Å². The Morgan fingerprint density at radius 1 is 0.947 bits per heavy atom. The predicted molar refractivity (Wildman–Crippen MR) is 77.0 cm³/mol. The SMILES string of the molecule is [CH2]Cc1ccc(OC23CC4CC(CC(C4)C2)C3)cc1. The zero-order valence-corrected chi connectivity index (χ0v) is 11.6. The Labute approximate surface area is 116 Å². The van der Waals surface area contributed by atoms with Gasteiger partial charge in [0.2, 0.25) is 0 Å². The summed E-state index contributed by atoms with van der Waals surface area (Å²) >= 11 is 0. The lowest BCUT2D eigenvalue weighted by Gasteiger charge is -2.56. The van der Waals surface area contributed by atoms with Gasteiger partial charge in [-0.05, 0) is 87.3 Å². The molecule has 101 valence electrons. The highest BCUT2D eigenvalue weighted by Gasteiger charge is 2.52. The van der Waals surface area contributed by atoms with Crippen molar-refractivity contribution in [2.24, 2.45) is 17.8 Å². The fourth-order valence-electron chi connectivity index (χ4n) is 5.13. The molecule has 0 atom stereocenters. The first-order valence-corrected chi connectivity index (χ1v) is 7.82. The molecule has 19 heavy (non-hydrogen) atoms. The van der Waals surface area contributed by atoms with E-state index in [-0.39, 0.29) is 5.60 Å². The summed E-state index contributed by atoms with van der Waals surface area (Å²) in [6.07, 6.45) is 9.19. The van der Waals surface area contributed by atoms with Gasteiger partial charge >= 0.3 is 0 Å². The van der Waals surface area contributed by atoms with Crippen LogP contribution in [0, 0.1) is 24.7 Å². The third kappa shape index (κ3) is 2.07. The van der Waals surface area contributed by atoms with E-state index in [0.717, 1.165) is 29.9 Å². The zero-order valence-electron chi connectivity index (χ0n) is 11.6. The van der Waals surface area contributed by atoms with Crippen LogP contribution in [0.2, 0.25) is 0 Å². The molecular formula is C18H23O. The Hall–Kier alpha value is -0.980. The number of ether oxygens (including phenoxy) is 1. The van der Waals surface area contributed by atoms with Crippen LogP contribution in [-0.2, 0) is 6.42 Å². The molecule has 0 heterocycles. The molecular weight excluding hydrogens is 232 g/mol. The number of benzene rings is 1. The number of hydrogen-bond acceptors (Lipinski definition) is 1. The zero-order chi connectivity index (χ0) is 12.9. The van der Waals surface area contributed by atoms with Crippen molar-refractivity contribution in [3.8, 4) is 5.75 Å². The maximum atomic E-state index is 6.49. The molecule has 0 saturated heterocycles. The average molecular weight is 255 g/mol. The normalized spacial score (nSPS) is 39.5. The minimum Gasteiger partial charge on any atom is -0.487 e. The van der Waals surface area contributed by atoms with Gasteiger partial charge in [0, 0.05) is 0 Å². The second-order valence-electron chi connectivity index (χ2n) is 7.10. The van der Waals surface area contributed by atoms with E-state index in [1.54, 1.807) is 0 Å². The van der Waals surface area contributed by atoms with Gasteiger partial charge in [-0.25, -0.2) is 0 Å². The summed E-state index contributed by atoms with van der Waals surface area (Å²) in [4.78, 5) is 0. The van der Waals surface area contributed by atoms with Gasteiger partial charge in [-0.1, -0.05) is 12.1 Å². The first kappa shape index (κ1) is 11.8. The topological polar surface area (TPSA) is 9.23 Å². The largest absolute Gasteiger partial charge is 0.487 e. The van der Waals surface area contributed by atoms with E-state index in [1.165, 1.54) is 44.1 Å². The van der Waals surface area contributed by atoms with E-state index in [4.69, 9.17) is 4.74 Å². The molecule has 0 N–H and O–H groups in total. The molecule has 4 bridgehead atoms. The monoisotopic (exact) mass is 255 g/mol. The molecule has 1 heteroatoms. The highest BCUT2D eigenvalue weighted by atomic mass is 16.5. The minimum atomic E-state index is 0.181. The molecule has 0 aliphatic heterocycles. The summed E-state index contributed by atoms with van der Waals surface area (Å²) in [6, 6.07) is 8.59. The van der Waals surface area contributed by atoms with Crippen LogP contribution < -0.4 is 4.74 Å². The molecule has 0 amide bonds. The van der Waals surface area contributed by atoms with Crippen LogP contribution >= 0.6 is 0 Å². The highest BCUT2D eigenvalue weighted by molar-refractivity contribution is 5.28. The van der Waals surface area contributed by atoms with Crippen LogP contribution in [0.25, 0.3) is 0 Å². The fraction of sp³-hybridized carbons (Fsp3) is 0.611. The van der Waals surface area contributed by atoms with Crippen molar-refractivity contribution in [3.05, 3.63) is 36.8 Å². The van der Waals surface area contributed by atoms with Gasteiger partial charge in [0.15, 0.2) is 0 Å². The van der Waals surface area contributed by atoms with Gasteiger partial charge in [0.25, 0.3) is 0 Å². The molecule has 4 aliphatic rings. The van der Waals surface area contributed by atoms with Crippen LogP contribution in [0.5, 0.6) is 5.75 Å². The van der Waals surface area contributed by atoms with E-state index < -0.39 is 0 Å². The molecule has 0 unspecified atom stereocenters. The fourth-order valence-corrected chi connectivity index (χ4v) is 5.13. The third-order valence-corrected chi connectivity index (χ3v) is 5.53. The van der Waals surface area contributed by atoms with Gasteiger partial charge in [-0.3, -0.25) is 0 Å². The summed E-state index contributed by atoms with van der Waals surface area (Å²) in [7, 11) is 0. The van der Waals surface area contributed by atoms with Gasteiger partial charge in [-0.15, -0.1) is 0 Å². The maximum absolute atomic E-state index is 6.49. The van der Waals surface area contributed by atoms with Crippen LogP contribution in [0.15, 0.2) is 24.3 Å². The Morgan fingerprint density at radius 3 is 1.95 bits per heavy atom. The van der Waals surface area contributed by atoms with Crippen LogP contribution in [0.3, 0.4) is 0 Å². The second kappa shape index (κ2) is 4.26. The number of rotatable bonds is 3.